The largest absolute Gasteiger partial charge is 0.381 e. The number of hydrogen-bond acceptors (Lipinski definition) is 4. The SMILES string of the molecule is Clc1cnc(CNCCCOCC2CC2)s1. The summed E-state index contributed by atoms with van der Waals surface area (Å²) in [6, 6.07) is 0. The van der Waals surface area contributed by atoms with Crippen LogP contribution in [0.2, 0.25) is 4.34 Å². The average molecular weight is 261 g/mol. The minimum atomic E-state index is 0.754. The maximum Gasteiger partial charge on any atom is 0.113 e. The van der Waals surface area contributed by atoms with Crippen molar-refractivity contribution in [3.63, 3.8) is 0 Å². The maximum atomic E-state index is 5.79. The number of ether oxygens (including phenoxy) is 1. The molecule has 0 saturated heterocycles. The lowest BCUT2D eigenvalue weighted by Gasteiger charge is -2.03. The van der Waals surface area contributed by atoms with E-state index in [0.29, 0.717) is 0 Å². The molecule has 2 rings (SSSR count). The zero-order chi connectivity index (χ0) is 11.2. The van der Waals surface area contributed by atoms with Crippen LogP contribution >= 0.6 is 22.9 Å². The molecule has 0 radical (unpaired) electrons. The van der Waals surface area contributed by atoms with E-state index >= 15 is 0 Å². The van der Waals surface area contributed by atoms with Crippen molar-refractivity contribution in [2.45, 2.75) is 25.8 Å². The predicted molar refractivity (Wildman–Crippen MR) is 67.0 cm³/mol. The van der Waals surface area contributed by atoms with Gasteiger partial charge in [-0.2, -0.15) is 0 Å². The van der Waals surface area contributed by atoms with Gasteiger partial charge in [-0.3, -0.25) is 0 Å². The van der Waals surface area contributed by atoms with Crippen LogP contribution in [0.3, 0.4) is 0 Å². The first-order valence-corrected chi connectivity index (χ1v) is 6.92. The second-order valence-corrected chi connectivity index (χ2v) is 5.85. The average Bonchev–Trinajstić information content (AvgIpc) is 3.00. The summed E-state index contributed by atoms with van der Waals surface area (Å²) in [6.07, 6.45) is 5.49. The van der Waals surface area contributed by atoms with Gasteiger partial charge in [0.2, 0.25) is 0 Å². The molecule has 0 spiro atoms. The Morgan fingerprint density at radius 1 is 1.56 bits per heavy atom. The van der Waals surface area contributed by atoms with Crippen LogP contribution in [0, 0.1) is 5.92 Å². The van der Waals surface area contributed by atoms with E-state index in [-0.39, 0.29) is 0 Å². The van der Waals surface area contributed by atoms with E-state index in [4.69, 9.17) is 16.3 Å². The van der Waals surface area contributed by atoms with Gasteiger partial charge in [-0.15, -0.1) is 11.3 Å². The number of thiazole rings is 1. The normalized spacial score (nSPS) is 15.6. The van der Waals surface area contributed by atoms with Crippen LogP contribution in [0.4, 0.5) is 0 Å². The summed E-state index contributed by atoms with van der Waals surface area (Å²) < 4.78 is 6.29. The Morgan fingerprint density at radius 3 is 3.12 bits per heavy atom. The monoisotopic (exact) mass is 260 g/mol. The third kappa shape index (κ3) is 4.78. The standard InChI is InChI=1S/C11H17ClN2OS/c12-10-6-14-11(16-10)7-13-4-1-5-15-8-9-2-3-9/h6,9,13H,1-5,7-8H2. The highest BCUT2D eigenvalue weighted by Gasteiger charge is 2.20. The van der Waals surface area contributed by atoms with Crippen molar-refractivity contribution in [2.24, 2.45) is 5.92 Å². The summed E-state index contributed by atoms with van der Waals surface area (Å²) >= 11 is 7.31. The van der Waals surface area contributed by atoms with Gasteiger partial charge in [0.1, 0.15) is 9.34 Å². The van der Waals surface area contributed by atoms with E-state index in [1.807, 2.05) is 0 Å². The Hall–Kier alpha value is -0.160. The molecule has 0 amide bonds. The van der Waals surface area contributed by atoms with Gasteiger partial charge >= 0.3 is 0 Å². The minimum absolute atomic E-state index is 0.754. The second-order valence-electron chi connectivity index (χ2n) is 4.11. The zero-order valence-corrected chi connectivity index (χ0v) is 10.8. The van der Waals surface area contributed by atoms with E-state index in [2.05, 4.69) is 10.3 Å². The van der Waals surface area contributed by atoms with E-state index in [1.165, 1.54) is 24.2 Å². The number of halogens is 1. The second kappa shape index (κ2) is 6.55. The molecule has 0 bridgehead atoms. The summed E-state index contributed by atoms with van der Waals surface area (Å²) in [5.41, 5.74) is 0. The van der Waals surface area contributed by atoms with Crippen molar-refractivity contribution < 1.29 is 4.74 Å². The number of nitrogens with one attached hydrogen (secondary N) is 1. The van der Waals surface area contributed by atoms with E-state index in [1.54, 1.807) is 6.20 Å². The third-order valence-corrected chi connectivity index (χ3v) is 3.61. The van der Waals surface area contributed by atoms with E-state index in [0.717, 1.165) is 48.0 Å². The van der Waals surface area contributed by atoms with Gasteiger partial charge in [-0.25, -0.2) is 4.98 Å². The quantitative estimate of drug-likeness (QED) is 0.730. The molecule has 16 heavy (non-hydrogen) atoms. The summed E-state index contributed by atoms with van der Waals surface area (Å²) in [7, 11) is 0. The molecule has 1 saturated carbocycles. The van der Waals surface area contributed by atoms with Crippen LogP contribution in [0.1, 0.15) is 24.3 Å². The Labute approximate surface area is 105 Å². The van der Waals surface area contributed by atoms with Crippen LogP contribution in [0.25, 0.3) is 0 Å². The first-order chi connectivity index (χ1) is 7.84. The molecule has 1 N–H and O–H groups in total. The molecule has 0 aromatic carbocycles. The van der Waals surface area contributed by atoms with Gasteiger partial charge in [0.25, 0.3) is 0 Å². The number of hydrogen-bond donors (Lipinski definition) is 1. The Balaban J connectivity index is 1.42. The van der Waals surface area contributed by atoms with Crippen molar-refractivity contribution in [1.29, 1.82) is 0 Å². The minimum Gasteiger partial charge on any atom is -0.381 e. The highest BCUT2D eigenvalue weighted by atomic mass is 35.5. The van der Waals surface area contributed by atoms with Gasteiger partial charge < -0.3 is 10.1 Å². The summed E-state index contributed by atoms with van der Waals surface area (Å²) in [5.74, 6) is 0.866. The molecule has 1 heterocycles. The first kappa shape index (κ1) is 12.3. The number of nitrogens with zero attached hydrogens (tertiary/aromatic N) is 1. The van der Waals surface area contributed by atoms with Gasteiger partial charge in [-0.1, -0.05) is 11.6 Å². The highest BCUT2D eigenvalue weighted by molar-refractivity contribution is 7.15. The topological polar surface area (TPSA) is 34.2 Å². The fourth-order valence-electron chi connectivity index (χ4n) is 1.40. The van der Waals surface area contributed by atoms with Crippen molar-refractivity contribution in [1.82, 2.24) is 10.3 Å². The fraction of sp³-hybridized carbons (Fsp3) is 0.727. The Morgan fingerprint density at radius 2 is 2.44 bits per heavy atom. The molecule has 1 aliphatic carbocycles. The molecule has 1 aromatic heterocycles. The molecular weight excluding hydrogens is 244 g/mol. The third-order valence-electron chi connectivity index (χ3n) is 2.49. The Kier molecular flexibility index (Phi) is 5.03. The molecule has 90 valence electrons. The fourth-order valence-corrected chi connectivity index (χ4v) is 2.32. The molecule has 1 fully saturated rings. The Bertz CT molecular complexity index is 315. The lowest BCUT2D eigenvalue weighted by molar-refractivity contribution is 0.122. The highest BCUT2D eigenvalue weighted by Crippen LogP contribution is 2.28. The molecule has 0 atom stereocenters. The molecule has 5 heteroatoms. The lowest BCUT2D eigenvalue weighted by Crippen LogP contribution is -2.16. The smallest absolute Gasteiger partial charge is 0.113 e. The summed E-state index contributed by atoms with van der Waals surface area (Å²) in [5, 5.41) is 4.37. The van der Waals surface area contributed by atoms with Crippen LogP contribution in [0.15, 0.2) is 6.20 Å². The van der Waals surface area contributed by atoms with Crippen molar-refractivity contribution in [2.75, 3.05) is 19.8 Å². The van der Waals surface area contributed by atoms with Crippen molar-refractivity contribution >= 4 is 22.9 Å². The van der Waals surface area contributed by atoms with E-state index < -0.39 is 0 Å². The van der Waals surface area contributed by atoms with Crippen LogP contribution in [-0.4, -0.2) is 24.7 Å². The van der Waals surface area contributed by atoms with Gasteiger partial charge in [0.15, 0.2) is 0 Å². The molecule has 1 aromatic rings. The van der Waals surface area contributed by atoms with Gasteiger partial charge in [0, 0.05) is 19.8 Å². The van der Waals surface area contributed by atoms with E-state index in [9.17, 15) is 0 Å². The van der Waals surface area contributed by atoms with Crippen molar-refractivity contribution in [3.8, 4) is 0 Å². The van der Waals surface area contributed by atoms with Gasteiger partial charge in [0.05, 0.1) is 6.20 Å². The molecule has 3 nitrogen and oxygen atoms in total. The summed E-state index contributed by atoms with van der Waals surface area (Å²) in [4.78, 5) is 4.17. The van der Waals surface area contributed by atoms with Crippen molar-refractivity contribution in [3.05, 3.63) is 15.5 Å². The van der Waals surface area contributed by atoms with Crippen LogP contribution in [-0.2, 0) is 11.3 Å². The molecule has 0 aliphatic heterocycles. The maximum absolute atomic E-state index is 5.79. The number of rotatable bonds is 8. The van der Waals surface area contributed by atoms with Crippen LogP contribution < -0.4 is 5.32 Å². The van der Waals surface area contributed by atoms with Crippen LogP contribution in [0.5, 0.6) is 0 Å². The number of aromatic nitrogens is 1. The predicted octanol–water partition coefficient (Wildman–Crippen LogP) is 2.70. The molecule has 1 aliphatic rings. The molecular formula is C11H17ClN2OS. The zero-order valence-electron chi connectivity index (χ0n) is 9.25. The van der Waals surface area contributed by atoms with Gasteiger partial charge in [-0.05, 0) is 31.7 Å². The lowest BCUT2D eigenvalue weighted by atomic mass is 10.4. The molecule has 0 unspecified atom stereocenters. The first-order valence-electron chi connectivity index (χ1n) is 5.73. The summed E-state index contributed by atoms with van der Waals surface area (Å²) in [6.45, 7) is 3.60.